The van der Waals surface area contributed by atoms with Crippen LogP contribution in [-0.4, -0.2) is 24.3 Å². The van der Waals surface area contributed by atoms with Crippen LogP contribution >= 0.6 is 0 Å². The Morgan fingerprint density at radius 1 is 1.12 bits per heavy atom. The molecule has 0 unspecified atom stereocenters. The van der Waals surface area contributed by atoms with Crippen LogP contribution in [0.25, 0.3) is 6.08 Å². The van der Waals surface area contributed by atoms with Crippen molar-refractivity contribution in [2.45, 2.75) is 12.8 Å². The van der Waals surface area contributed by atoms with Gasteiger partial charge in [0, 0.05) is 24.2 Å². The lowest BCUT2D eigenvalue weighted by molar-refractivity contribution is -0.130. The van der Waals surface area contributed by atoms with E-state index in [1.165, 1.54) is 18.2 Å². The molecule has 1 fully saturated rings. The molecule has 130 valence electrons. The number of hydrogen-bond donors (Lipinski definition) is 0. The van der Waals surface area contributed by atoms with E-state index in [1.807, 2.05) is 12.1 Å². The zero-order valence-corrected chi connectivity index (χ0v) is 13.8. The number of amides is 1. The summed E-state index contributed by atoms with van der Waals surface area (Å²) in [5.74, 6) is -0.662. The molecule has 0 aliphatic carbocycles. The summed E-state index contributed by atoms with van der Waals surface area (Å²) in [7, 11) is 0. The van der Waals surface area contributed by atoms with E-state index in [0.29, 0.717) is 24.1 Å². The first kappa shape index (κ1) is 16.2. The second-order valence-corrected chi connectivity index (χ2v) is 6.09. The minimum atomic E-state index is -0.581. The first-order valence-corrected chi connectivity index (χ1v) is 8.29. The van der Waals surface area contributed by atoms with Crippen LogP contribution in [0.1, 0.15) is 24.0 Å². The van der Waals surface area contributed by atoms with Crippen LogP contribution in [0, 0.1) is 5.82 Å². The fourth-order valence-electron chi connectivity index (χ4n) is 2.99. The van der Waals surface area contributed by atoms with Crippen molar-refractivity contribution in [1.29, 1.82) is 0 Å². The van der Waals surface area contributed by atoms with Crippen molar-refractivity contribution in [1.82, 2.24) is 0 Å². The van der Waals surface area contributed by atoms with Crippen LogP contribution in [0.4, 0.5) is 10.1 Å². The maximum absolute atomic E-state index is 13.3. The minimum Gasteiger partial charge on any atom is -0.402 e. The van der Waals surface area contributed by atoms with Crippen LogP contribution in [0.5, 0.6) is 0 Å². The number of esters is 1. The quantitative estimate of drug-likeness (QED) is 0.630. The van der Waals surface area contributed by atoms with E-state index < -0.39 is 5.97 Å². The van der Waals surface area contributed by atoms with Crippen molar-refractivity contribution in [2.75, 3.05) is 11.4 Å². The van der Waals surface area contributed by atoms with Gasteiger partial charge in [0.1, 0.15) is 5.82 Å². The maximum Gasteiger partial charge on any atom is 0.363 e. The highest BCUT2D eigenvalue weighted by molar-refractivity contribution is 6.13. The molecule has 2 aliphatic heterocycles. The fraction of sp³-hybridized carbons (Fsp3) is 0.150. The van der Waals surface area contributed by atoms with Gasteiger partial charge in [0.05, 0.1) is 0 Å². The van der Waals surface area contributed by atoms with Gasteiger partial charge in [0.15, 0.2) is 5.70 Å². The van der Waals surface area contributed by atoms with Crippen LogP contribution in [0.2, 0.25) is 0 Å². The summed E-state index contributed by atoms with van der Waals surface area (Å²) < 4.78 is 18.5. The molecule has 0 bridgehead atoms. The summed E-state index contributed by atoms with van der Waals surface area (Å²) in [4.78, 5) is 29.8. The number of ether oxygens (including phenoxy) is 1. The molecule has 4 rings (SSSR count). The van der Waals surface area contributed by atoms with Gasteiger partial charge in [-0.15, -0.1) is 0 Å². The number of nitrogens with zero attached hydrogens (tertiary/aromatic N) is 2. The summed E-state index contributed by atoms with van der Waals surface area (Å²) in [6, 6.07) is 13.0. The standard InChI is InChI=1S/C20H15FN2O3/c21-15-4-1-3-13(11-15)12-17-20(25)26-19(22-17)14-6-8-16(9-7-14)23-10-2-5-18(23)24/h1,3-4,6-9,11-12H,2,5,10H2/b17-12-. The van der Waals surface area contributed by atoms with Gasteiger partial charge >= 0.3 is 5.97 Å². The molecule has 5 nitrogen and oxygen atoms in total. The zero-order valence-electron chi connectivity index (χ0n) is 13.8. The Bertz CT molecular complexity index is 948. The van der Waals surface area contributed by atoms with E-state index in [0.717, 1.165) is 12.1 Å². The smallest absolute Gasteiger partial charge is 0.363 e. The summed E-state index contributed by atoms with van der Waals surface area (Å²) in [5.41, 5.74) is 2.10. The van der Waals surface area contributed by atoms with Crippen molar-refractivity contribution in [3.8, 4) is 0 Å². The lowest BCUT2D eigenvalue weighted by atomic mass is 10.2. The molecule has 1 amide bonds. The van der Waals surface area contributed by atoms with Gasteiger partial charge < -0.3 is 9.64 Å². The Morgan fingerprint density at radius 2 is 1.92 bits per heavy atom. The van der Waals surface area contributed by atoms with Crippen molar-refractivity contribution < 1.29 is 18.7 Å². The number of cyclic esters (lactones) is 1. The molecule has 0 N–H and O–H groups in total. The number of carbonyl (C=O) groups is 2. The molecule has 6 heteroatoms. The monoisotopic (exact) mass is 350 g/mol. The molecule has 0 atom stereocenters. The highest BCUT2D eigenvalue weighted by Gasteiger charge is 2.25. The molecule has 2 aliphatic rings. The molecule has 0 spiro atoms. The number of halogens is 1. The van der Waals surface area contributed by atoms with Crippen molar-refractivity contribution in [3.05, 3.63) is 71.2 Å². The molecular formula is C20H15FN2O3. The van der Waals surface area contributed by atoms with Crippen LogP contribution in [0.3, 0.4) is 0 Å². The van der Waals surface area contributed by atoms with E-state index in [4.69, 9.17) is 4.74 Å². The largest absolute Gasteiger partial charge is 0.402 e. The SMILES string of the molecule is O=C1OC(c2ccc(N3CCCC3=O)cc2)=N/C1=C\c1cccc(F)c1. The van der Waals surface area contributed by atoms with Crippen molar-refractivity contribution in [2.24, 2.45) is 4.99 Å². The van der Waals surface area contributed by atoms with Gasteiger partial charge in [0.25, 0.3) is 0 Å². The molecule has 1 saturated heterocycles. The predicted octanol–water partition coefficient (Wildman–Crippen LogP) is 3.30. The fourth-order valence-corrected chi connectivity index (χ4v) is 2.99. The second-order valence-electron chi connectivity index (χ2n) is 6.09. The number of rotatable bonds is 3. The predicted molar refractivity (Wildman–Crippen MR) is 95.0 cm³/mol. The van der Waals surface area contributed by atoms with Gasteiger partial charge in [-0.05, 0) is 54.5 Å². The average molecular weight is 350 g/mol. The highest BCUT2D eigenvalue weighted by atomic mass is 19.1. The normalized spacial score (nSPS) is 18.4. The van der Waals surface area contributed by atoms with E-state index in [2.05, 4.69) is 4.99 Å². The summed E-state index contributed by atoms with van der Waals surface area (Å²) in [5, 5.41) is 0. The van der Waals surface area contributed by atoms with Crippen molar-refractivity contribution >= 4 is 29.5 Å². The van der Waals surface area contributed by atoms with Crippen LogP contribution in [-0.2, 0) is 14.3 Å². The number of hydrogen-bond acceptors (Lipinski definition) is 4. The third-order valence-electron chi connectivity index (χ3n) is 4.27. The zero-order chi connectivity index (χ0) is 18.1. The van der Waals surface area contributed by atoms with Gasteiger partial charge in [-0.2, -0.15) is 0 Å². The number of aliphatic imine (C=N–C) groups is 1. The number of carbonyl (C=O) groups excluding carboxylic acids is 2. The first-order chi connectivity index (χ1) is 12.6. The second kappa shape index (κ2) is 6.55. The van der Waals surface area contributed by atoms with Gasteiger partial charge in [-0.25, -0.2) is 14.2 Å². The Kier molecular flexibility index (Phi) is 4.08. The maximum atomic E-state index is 13.3. The van der Waals surface area contributed by atoms with Gasteiger partial charge in [0.2, 0.25) is 11.8 Å². The first-order valence-electron chi connectivity index (χ1n) is 8.29. The Balaban J connectivity index is 1.58. The van der Waals surface area contributed by atoms with Gasteiger partial charge in [-0.1, -0.05) is 12.1 Å². The van der Waals surface area contributed by atoms with E-state index >= 15 is 0 Å². The summed E-state index contributed by atoms with van der Waals surface area (Å²) >= 11 is 0. The molecule has 2 heterocycles. The third-order valence-corrected chi connectivity index (χ3v) is 4.27. The third kappa shape index (κ3) is 3.13. The summed E-state index contributed by atoms with van der Waals surface area (Å²) in [6.07, 6.45) is 2.91. The molecule has 26 heavy (non-hydrogen) atoms. The lowest BCUT2D eigenvalue weighted by Crippen LogP contribution is -2.23. The number of benzene rings is 2. The van der Waals surface area contributed by atoms with E-state index in [-0.39, 0.29) is 23.3 Å². The summed E-state index contributed by atoms with van der Waals surface area (Å²) in [6.45, 7) is 0.717. The number of anilines is 1. The highest BCUT2D eigenvalue weighted by Crippen LogP contribution is 2.24. The van der Waals surface area contributed by atoms with Gasteiger partial charge in [-0.3, -0.25) is 4.79 Å². The Morgan fingerprint density at radius 3 is 2.62 bits per heavy atom. The van der Waals surface area contributed by atoms with Crippen molar-refractivity contribution in [3.63, 3.8) is 0 Å². The minimum absolute atomic E-state index is 0.114. The molecule has 2 aromatic carbocycles. The molecule has 0 radical (unpaired) electrons. The average Bonchev–Trinajstić information content (AvgIpc) is 3.21. The molecular weight excluding hydrogens is 335 g/mol. The molecule has 0 saturated carbocycles. The Labute approximate surface area is 149 Å². The van der Waals surface area contributed by atoms with Crippen LogP contribution < -0.4 is 4.90 Å². The van der Waals surface area contributed by atoms with E-state index in [9.17, 15) is 14.0 Å². The topological polar surface area (TPSA) is 59.0 Å². The lowest BCUT2D eigenvalue weighted by Gasteiger charge is -2.15. The van der Waals surface area contributed by atoms with E-state index in [1.54, 1.807) is 29.2 Å². The molecule has 0 aromatic heterocycles. The van der Waals surface area contributed by atoms with Crippen LogP contribution in [0.15, 0.2) is 59.2 Å². The molecule has 2 aromatic rings. The Hall–Kier alpha value is -3.28.